The van der Waals surface area contributed by atoms with Crippen molar-refractivity contribution in [2.45, 2.75) is 26.7 Å². The first-order valence-corrected chi connectivity index (χ1v) is 4.80. The minimum Gasteiger partial charge on any atom is -0.481 e. The van der Waals surface area contributed by atoms with Gasteiger partial charge in [-0.3, -0.25) is 9.78 Å². The minimum atomic E-state index is -0.766. The smallest absolute Gasteiger partial charge is 0.306 e. The van der Waals surface area contributed by atoms with Crippen LogP contribution in [0.4, 0.5) is 0 Å². The summed E-state index contributed by atoms with van der Waals surface area (Å²) in [4.78, 5) is 14.9. The Morgan fingerprint density at radius 2 is 2.36 bits per heavy atom. The standard InChI is InChI=1S/C11H15NO2/c1-3-9-5-4-6-12-10(9)7-8(2)11(13)14/h4-6,8H,3,7H2,1-2H3,(H,13,14). The number of carboxylic acids is 1. The highest BCUT2D eigenvalue weighted by atomic mass is 16.4. The third kappa shape index (κ3) is 2.55. The molecular formula is C11H15NO2. The van der Waals surface area contributed by atoms with E-state index in [-0.39, 0.29) is 5.92 Å². The van der Waals surface area contributed by atoms with Crippen molar-refractivity contribution in [3.63, 3.8) is 0 Å². The summed E-state index contributed by atoms with van der Waals surface area (Å²) in [5.74, 6) is -1.13. The maximum atomic E-state index is 10.7. The van der Waals surface area contributed by atoms with Crippen molar-refractivity contribution in [1.29, 1.82) is 0 Å². The molecule has 0 aliphatic carbocycles. The molecule has 0 spiro atoms. The Morgan fingerprint density at radius 3 is 2.93 bits per heavy atom. The van der Waals surface area contributed by atoms with Crippen LogP contribution in [0.5, 0.6) is 0 Å². The van der Waals surface area contributed by atoms with Gasteiger partial charge in [-0.25, -0.2) is 0 Å². The summed E-state index contributed by atoms with van der Waals surface area (Å²) in [6, 6.07) is 3.88. The molecule has 14 heavy (non-hydrogen) atoms. The van der Waals surface area contributed by atoms with E-state index in [1.54, 1.807) is 13.1 Å². The monoisotopic (exact) mass is 193 g/mol. The molecule has 0 radical (unpaired) electrons. The topological polar surface area (TPSA) is 50.2 Å². The van der Waals surface area contributed by atoms with E-state index in [0.717, 1.165) is 17.7 Å². The molecule has 1 atom stereocenters. The lowest BCUT2D eigenvalue weighted by molar-refractivity contribution is -0.141. The van der Waals surface area contributed by atoms with E-state index in [2.05, 4.69) is 4.98 Å². The Bertz CT molecular complexity index is 323. The molecule has 0 fully saturated rings. The summed E-state index contributed by atoms with van der Waals surface area (Å²) < 4.78 is 0. The molecule has 76 valence electrons. The van der Waals surface area contributed by atoms with Crippen LogP contribution in [0, 0.1) is 5.92 Å². The van der Waals surface area contributed by atoms with E-state index in [1.807, 2.05) is 19.1 Å². The first-order valence-electron chi connectivity index (χ1n) is 4.80. The SMILES string of the molecule is CCc1cccnc1CC(C)C(=O)O. The third-order valence-electron chi connectivity index (χ3n) is 2.29. The van der Waals surface area contributed by atoms with E-state index < -0.39 is 5.97 Å². The van der Waals surface area contributed by atoms with Crippen molar-refractivity contribution in [3.05, 3.63) is 29.6 Å². The van der Waals surface area contributed by atoms with Gasteiger partial charge >= 0.3 is 5.97 Å². The zero-order valence-corrected chi connectivity index (χ0v) is 8.53. The first kappa shape index (κ1) is 10.7. The number of aliphatic carboxylic acids is 1. The Balaban J connectivity index is 2.80. The lowest BCUT2D eigenvalue weighted by atomic mass is 10.0. The normalized spacial score (nSPS) is 12.4. The average Bonchev–Trinajstić information content (AvgIpc) is 2.18. The van der Waals surface area contributed by atoms with Gasteiger partial charge in [0.25, 0.3) is 0 Å². The highest BCUT2D eigenvalue weighted by molar-refractivity contribution is 5.69. The van der Waals surface area contributed by atoms with Crippen molar-refractivity contribution >= 4 is 5.97 Å². The number of aryl methyl sites for hydroxylation is 1. The van der Waals surface area contributed by atoms with Gasteiger partial charge in [0.1, 0.15) is 0 Å². The molecule has 0 saturated carbocycles. The van der Waals surface area contributed by atoms with Gasteiger partial charge in [-0.05, 0) is 18.1 Å². The molecular weight excluding hydrogens is 178 g/mol. The second kappa shape index (κ2) is 4.74. The van der Waals surface area contributed by atoms with Gasteiger partial charge in [0.15, 0.2) is 0 Å². The van der Waals surface area contributed by atoms with Crippen LogP contribution in [-0.2, 0) is 17.6 Å². The fourth-order valence-electron chi connectivity index (χ4n) is 1.35. The molecule has 0 aliphatic heterocycles. The van der Waals surface area contributed by atoms with Crippen molar-refractivity contribution < 1.29 is 9.90 Å². The Morgan fingerprint density at radius 1 is 1.64 bits per heavy atom. The van der Waals surface area contributed by atoms with Crippen LogP contribution in [0.3, 0.4) is 0 Å². The lowest BCUT2D eigenvalue weighted by Crippen LogP contribution is -2.14. The Hall–Kier alpha value is -1.38. The van der Waals surface area contributed by atoms with Gasteiger partial charge in [-0.2, -0.15) is 0 Å². The molecule has 0 saturated heterocycles. The zero-order valence-electron chi connectivity index (χ0n) is 8.53. The van der Waals surface area contributed by atoms with Gasteiger partial charge in [0.05, 0.1) is 5.92 Å². The number of carbonyl (C=O) groups is 1. The van der Waals surface area contributed by atoms with Crippen molar-refractivity contribution in [2.24, 2.45) is 5.92 Å². The van der Waals surface area contributed by atoms with Crippen molar-refractivity contribution in [2.75, 3.05) is 0 Å². The molecule has 1 aromatic heterocycles. The minimum absolute atomic E-state index is 0.366. The van der Waals surface area contributed by atoms with E-state index in [9.17, 15) is 4.79 Å². The van der Waals surface area contributed by atoms with Gasteiger partial charge in [0.2, 0.25) is 0 Å². The van der Waals surface area contributed by atoms with Crippen LogP contribution >= 0.6 is 0 Å². The summed E-state index contributed by atoms with van der Waals surface area (Å²) >= 11 is 0. The van der Waals surface area contributed by atoms with Crippen LogP contribution in [0.2, 0.25) is 0 Å². The van der Waals surface area contributed by atoms with E-state index in [4.69, 9.17) is 5.11 Å². The maximum absolute atomic E-state index is 10.7. The second-order valence-corrected chi connectivity index (χ2v) is 3.41. The highest BCUT2D eigenvalue weighted by Crippen LogP contribution is 2.11. The quantitative estimate of drug-likeness (QED) is 0.794. The van der Waals surface area contributed by atoms with Crippen LogP contribution in [0.25, 0.3) is 0 Å². The number of carboxylic acid groups (broad SMARTS) is 1. The Kier molecular flexibility index (Phi) is 3.63. The molecule has 3 heteroatoms. The molecule has 3 nitrogen and oxygen atoms in total. The largest absolute Gasteiger partial charge is 0.481 e. The fourth-order valence-corrected chi connectivity index (χ4v) is 1.35. The highest BCUT2D eigenvalue weighted by Gasteiger charge is 2.13. The zero-order chi connectivity index (χ0) is 10.6. The molecule has 1 N–H and O–H groups in total. The Labute approximate surface area is 83.8 Å². The van der Waals surface area contributed by atoms with E-state index in [1.165, 1.54) is 0 Å². The number of aromatic nitrogens is 1. The first-order chi connectivity index (χ1) is 6.65. The van der Waals surface area contributed by atoms with Gasteiger partial charge in [-0.15, -0.1) is 0 Å². The number of nitrogens with zero attached hydrogens (tertiary/aromatic N) is 1. The average molecular weight is 193 g/mol. The van der Waals surface area contributed by atoms with Crippen molar-refractivity contribution in [1.82, 2.24) is 4.98 Å². The van der Waals surface area contributed by atoms with Gasteiger partial charge in [-0.1, -0.05) is 19.9 Å². The van der Waals surface area contributed by atoms with E-state index in [0.29, 0.717) is 6.42 Å². The number of rotatable bonds is 4. The number of pyridine rings is 1. The predicted molar refractivity (Wildman–Crippen MR) is 54.1 cm³/mol. The third-order valence-corrected chi connectivity index (χ3v) is 2.29. The second-order valence-electron chi connectivity index (χ2n) is 3.41. The number of hydrogen-bond acceptors (Lipinski definition) is 2. The molecule has 1 aromatic rings. The van der Waals surface area contributed by atoms with Crippen LogP contribution in [0.1, 0.15) is 25.1 Å². The van der Waals surface area contributed by atoms with Crippen LogP contribution < -0.4 is 0 Å². The molecule has 1 rings (SSSR count). The molecule has 0 bridgehead atoms. The number of hydrogen-bond donors (Lipinski definition) is 1. The predicted octanol–water partition coefficient (Wildman–Crippen LogP) is 1.91. The maximum Gasteiger partial charge on any atom is 0.306 e. The fraction of sp³-hybridized carbons (Fsp3) is 0.455. The molecule has 1 heterocycles. The van der Waals surface area contributed by atoms with Gasteiger partial charge < -0.3 is 5.11 Å². The van der Waals surface area contributed by atoms with Crippen LogP contribution in [0.15, 0.2) is 18.3 Å². The summed E-state index contributed by atoms with van der Waals surface area (Å²) in [5.41, 5.74) is 2.05. The summed E-state index contributed by atoms with van der Waals surface area (Å²) in [6.45, 7) is 3.75. The molecule has 0 aliphatic rings. The summed E-state index contributed by atoms with van der Waals surface area (Å²) in [5, 5.41) is 8.78. The molecule has 1 unspecified atom stereocenters. The molecule has 0 amide bonds. The van der Waals surface area contributed by atoms with Crippen molar-refractivity contribution in [3.8, 4) is 0 Å². The van der Waals surface area contributed by atoms with Gasteiger partial charge in [0, 0.05) is 18.3 Å². The summed E-state index contributed by atoms with van der Waals surface area (Å²) in [6.07, 6.45) is 3.12. The molecule has 0 aromatic carbocycles. The summed E-state index contributed by atoms with van der Waals surface area (Å²) in [7, 11) is 0. The van der Waals surface area contributed by atoms with Crippen LogP contribution in [-0.4, -0.2) is 16.1 Å². The lowest BCUT2D eigenvalue weighted by Gasteiger charge is -2.08. The van der Waals surface area contributed by atoms with E-state index >= 15 is 0 Å².